The summed E-state index contributed by atoms with van der Waals surface area (Å²) in [5.41, 5.74) is 3.35. The zero-order valence-corrected chi connectivity index (χ0v) is 19.1. The molecule has 3 aromatic rings. The van der Waals surface area contributed by atoms with Gasteiger partial charge in [-0.2, -0.15) is 0 Å². The molecule has 4 rings (SSSR count). The molecule has 1 fully saturated rings. The first-order valence-electron chi connectivity index (χ1n) is 10.8. The van der Waals surface area contributed by atoms with Crippen LogP contribution in [0.4, 0.5) is 4.39 Å². The summed E-state index contributed by atoms with van der Waals surface area (Å²) in [4.78, 5) is 0. The molecule has 1 N–H and O–H groups in total. The summed E-state index contributed by atoms with van der Waals surface area (Å²) < 4.78 is 32.2. The molecule has 0 bridgehead atoms. The standard InChI is InChI=1S/C24H29FN2O3.ClH/c1-4-6-17-18(25)14-21-23(22(17)16-9-11-26-12-10-16)24(27-30-21)29-19-8-7-15(5-2)13-20(19)28-3;/h7-8,13-14,16,26H,4-6,9-12H2,1-3H3;1H. The molecule has 2 heterocycles. The predicted octanol–water partition coefficient (Wildman–Crippen LogP) is 6.17. The number of nitrogens with one attached hydrogen (secondary N) is 1. The number of piperidine rings is 1. The van der Waals surface area contributed by atoms with Crippen molar-refractivity contribution in [2.24, 2.45) is 0 Å². The summed E-state index contributed by atoms with van der Waals surface area (Å²) >= 11 is 0. The van der Waals surface area contributed by atoms with Crippen LogP contribution in [0.5, 0.6) is 17.4 Å². The number of hydrogen-bond donors (Lipinski definition) is 1. The molecule has 1 aliphatic heterocycles. The van der Waals surface area contributed by atoms with Gasteiger partial charge in [-0.1, -0.05) is 26.3 Å². The summed E-state index contributed by atoms with van der Waals surface area (Å²) in [5.74, 6) is 1.62. The second kappa shape index (κ2) is 10.3. The first-order chi connectivity index (χ1) is 14.7. The number of aryl methyl sites for hydroxylation is 1. The number of aromatic nitrogens is 1. The number of ether oxygens (including phenoxy) is 2. The van der Waals surface area contributed by atoms with E-state index in [0.717, 1.165) is 60.8 Å². The minimum atomic E-state index is -0.217. The maximum absolute atomic E-state index is 15.0. The molecule has 7 heteroatoms. The quantitative estimate of drug-likeness (QED) is 0.468. The lowest BCUT2D eigenvalue weighted by Gasteiger charge is -2.26. The van der Waals surface area contributed by atoms with Crippen molar-refractivity contribution in [2.45, 2.75) is 51.9 Å². The first-order valence-corrected chi connectivity index (χ1v) is 10.8. The van der Waals surface area contributed by atoms with Crippen molar-refractivity contribution in [1.82, 2.24) is 10.5 Å². The predicted molar refractivity (Wildman–Crippen MR) is 123 cm³/mol. The van der Waals surface area contributed by atoms with Gasteiger partial charge in [-0.25, -0.2) is 4.39 Å². The molecule has 2 aromatic carbocycles. The number of nitrogens with zero attached hydrogens (tertiary/aromatic N) is 1. The Hall–Kier alpha value is -2.31. The zero-order chi connectivity index (χ0) is 21.1. The highest BCUT2D eigenvalue weighted by Gasteiger charge is 2.28. The Balaban J connectivity index is 0.00000272. The molecule has 0 spiro atoms. The topological polar surface area (TPSA) is 56.5 Å². The van der Waals surface area contributed by atoms with Crippen molar-refractivity contribution in [2.75, 3.05) is 20.2 Å². The highest BCUT2D eigenvalue weighted by molar-refractivity contribution is 5.88. The Morgan fingerprint density at radius 1 is 1.16 bits per heavy atom. The minimum absolute atomic E-state index is 0. The van der Waals surface area contributed by atoms with Gasteiger partial charge in [-0.15, -0.1) is 12.4 Å². The fraction of sp³-hybridized carbons (Fsp3) is 0.458. The van der Waals surface area contributed by atoms with Crippen molar-refractivity contribution in [3.63, 3.8) is 0 Å². The highest BCUT2D eigenvalue weighted by Crippen LogP contribution is 2.43. The van der Waals surface area contributed by atoms with Gasteiger partial charge in [0.05, 0.1) is 12.5 Å². The van der Waals surface area contributed by atoms with Crippen LogP contribution in [0, 0.1) is 5.82 Å². The third kappa shape index (κ3) is 4.65. The van der Waals surface area contributed by atoms with Crippen LogP contribution in [0.3, 0.4) is 0 Å². The molecular weight excluding hydrogens is 419 g/mol. The van der Waals surface area contributed by atoms with E-state index < -0.39 is 0 Å². The van der Waals surface area contributed by atoms with Gasteiger partial charge in [-0.3, -0.25) is 0 Å². The fourth-order valence-corrected chi connectivity index (χ4v) is 4.37. The number of halogens is 2. The number of hydrogen-bond acceptors (Lipinski definition) is 5. The van der Waals surface area contributed by atoms with Gasteiger partial charge in [-0.05, 0) is 78.7 Å². The van der Waals surface area contributed by atoms with Gasteiger partial charge in [0.2, 0.25) is 0 Å². The molecule has 0 saturated carbocycles. The number of methoxy groups -OCH3 is 1. The van der Waals surface area contributed by atoms with E-state index in [2.05, 4.69) is 24.3 Å². The van der Waals surface area contributed by atoms with Crippen LogP contribution in [0.2, 0.25) is 0 Å². The number of rotatable bonds is 7. The second-order valence-corrected chi connectivity index (χ2v) is 7.83. The van der Waals surface area contributed by atoms with Gasteiger partial charge in [0.1, 0.15) is 5.82 Å². The van der Waals surface area contributed by atoms with Gasteiger partial charge in [0, 0.05) is 6.07 Å². The van der Waals surface area contributed by atoms with Crippen molar-refractivity contribution in [1.29, 1.82) is 0 Å². The minimum Gasteiger partial charge on any atom is -0.493 e. The lowest BCUT2D eigenvalue weighted by atomic mass is 9.83. The van der Waals surface area contributed by atoms with Crippen LogP contribution >= 0.6 is 12.4 Å². The Morgan fingerprint density at radius 3 is 2.61 bits per heavy atom. The van der Waals surface area contributed by atoms with Gasteiger partial charge in [0.25, 0.3) is 5.88 Å². The van der Waals surface area contributed by atoms with Crippen molar-refractivity contribution in [3.8, 4) is 17.4 Å². The van der Waals surface area contributed by atoms with E-state index in [1.807, 2.05) is 18.2 Å². The van der Waals surface area contributed by atoms with E-state index in [9.17, 15) is 4.39 Å². The largest absolute Gasteiger partial charge is 0.493 e. The van der Waals surface area contributed by atoms with Gasteiger partial charge in [0.15, 0.2) is 17.1 Å². The summed E-state index contributed by atoms with van der Waals surface area (Å²) in [7, 11) is 1.62. The van der Waals surface area contributed by atoms with Crippen LogP contribution in [0.1, 0.15) is 55.7 Å². The molecule has 31 heavy (non-hydrogen) atoms. The fourth-order valence-electron chi connectivity index (χ4n) is 4.37. The van der Waals surface area contributed by atoms with E-state index in [0.29, 0.717) is 29.4 Å². The van der Waals surface area contributed by atoms with Gasteiger partial charge >= 0.3 is 0 Å². The Labute approximate surface area is 188 Å². The lowest BCUT2D eigenvalue weighted by Crippen LogP contribution is -2.27. The average molecular weight is 449 g/mol. The summed E-state index contributed by atoms with van der Waals surface area (Å²) in [6.07, 6.45) is 4.36. The van der Waals surface area contributed by atoms with Crippen molar-refractivity contribution >= 4 is 23.4 Å². The van der Waals surface area contributed by atoms with Crippen LogP contribution in [-0.4, -0.2) is 25.4 Å². The van der Waals surface area contributed by atoms with E-state index in [4.69, 9.17) is 14.0 Å². The lowest BCUT2D eigenvalue weighted by molar-refractivity contribution is 0.353. The molecule has 5 nitrogen and oxygen atoms in total. The van der Waals surface area contributed by atoms with Crippen LogP contribution < -0.4 is 14.8 Å². The van der Waals surface area contributed by atoms with Crippen LogP contribution in [0.25, 0.3) is 11.0 Å². The molecular formula is C24H30ClFN2O3. The third-order valence-electron chi connectivity index (χ3n) is 5.92. The van der Waals surface area contributed by atoms with Crippen molar-refractivity contribution < 1.29 is 18.4 Å². The Bertz CT molecular complexity index is 1030. The van der Waals surface area contributed by atoms with E-state index in [1.54, 1.807) is 7.11 Å². The van der Waals surface area contributed by atoms with Crippen molar-refractivity contribution in [3.05, 3.63) is 46.8 Å². The molecule has 0 radical (unpaired) electrons. The smallest absolute Gasteiger partial charge is 0.267 e. The molecule has 1 aromatic heterocycles. The zero-order valence-electron chi connectivity index (χ0n) is 18.3. The number of benzene rings is 2. The molecule has 1 aliphatic rings. The van der Waals surface area contributed by atoms with E-state index in [1.165, 1.54) is 6.07 Å². The maximum atomic E-state index is 15.0. The van der Waals surface area contributed by atoms with Crippen LogP contribution in [0.15, 0.2) is 28.8 Å². The SMILES string of the molecule is CCCc1c(F)cc2onc(Oc3ccc(CC)cc3OC)c2c1C1CCNCC1.Cl. The highest BCUT2D eigenvalue weighted by atomic mass is 35.5. The normalized spacial score (nSPS) is 14.5. The molecule has 0 amide bonds. The molecule has 1 saturated heterocycles. The van der Waals surface area contributed by atoms with Gasteiger partial charge < -0.3 is 19.3 Å². The third-order valence-corrected chi connectivity index (χ3v) is 5.92. The summed E-state index contributed by atoms with van der Waals surface area (Å²) in [6, 6.07) is 7.31. The summed E-state index contributed by atoms with van der Waals surface area (Å²) in [6.45, 7) is 6.00. The Kier molecular flexibility index (Phi) is 7.79. The second-order valence-electron chi connectivity index (χ2n) is 7.83. The molecule has 0 atom stereocenters. The summed E-state index contributed by atoms with van der Waals surface area (Å²) in [5, 5.41) is 8.35. The monoisotopic (exact) mass is 448 g/mol. The Morgan fingerprint density at radius 2 is 1.94 bits per heavy atom. The average Bonchev–Trinajstić information content (AvgIpc) is 3.17. The van der Waals surface area contributed by atoms with E-state index >= 15 is 0 Å². The first kappa shape index (κ1) is 23.4. The molecule has 0 aliphatic carbocycles. The number of fused-ring (bicyclic) bond motifs is 1. The maximum Gasteiger partial charge on any atom is 0.267 e. The molecule has 0 unspecified atom stereocenters. The van der Waals surface area contributed by atoms with Crippen LogP contribution in [-0.2, 0) is 12.8 Å². The van der Waals surface area contributed by atoms with E-state index in [-0.39, 0.29) is 24.1 Å². The molecule has 168 valence electrons.